The van der Waals surface area contributed by atoms with Crippen molar-refractivity contribution in [3.05, 3.63) is 18.2 Å². The van der Waals surface area contributed by atoms with E-state index in [0.29, 0.717) is 31.4 Å². The first-order chi connectivity index (χ1) is 11.5. The molecule has 9 nitrogen and oxygen atoms in total. The fourth-order valence-electron chi connectivity index (χ4n) is 3.37. The Balaban J connectivity index is 1.61. The monoisotopic (exact) mass is 351 g/mol. The van der Waals surface area contributed by atoms with Gasteiger partial charge in [0.05, 0.1) is 0 Å². The fraction of sp³-hybridized carbons (Fsp3) is 0.500. The first-order valence-electron chi connectivity index (χ1n) is 7.78. The Morgan fingerprint density at radius 1 is 1.17 bits per heavy atom. The Morgan fingerprint density at radius 2 is 1.96 bits per heavy atom. The standard InChI is InChI=1S/C14H17N5O4S/c20-13-14(16-7-6-15-13)4-8-19(9-5-14)24(21,22)11-3-1-2-10-12(11)18-23-17-10/h1-3,16H,4-9H2,(H,15,20). The number of carbonyl (C=O) groups excluding carboxylic acids is 1. The number of amides is 1. The van der Waals surface area contributed by atoms with Gasteiger partial charge in [-0.2, -0.15) is 4.31 Å². The first kappa shape index (κ1) is 15.5. The lowest BCUT2D eigenvalue weighted by molar-refractivity contribution is -0.131. The quantitative estimate of drug-likeness (QED) is 0.746. The van der Waals surface area contributed by atoms with E-state index < -0.39 is 15.6 Å². The van der Waals surface area contributed by atoms with Crippen LogP contribution in [0.2, 0.25) is 0 Å². The third-order valence-corrected chi connectivity index (χ3v) is 6.68. The summed E-state index contributed by atoms with van der Waals surface area (Å²) in [7, 11) is -3.72. The van der Waals surface area contributed by atoms with Crippen molar-refractivity contribution < 1.29 is 17.8 Å². The van der Waals surface area contributed by atoms with Crippen LogP contribution in [0.5, 0.6) is 0 Å². The van der Waals surface area contributed by atoms with Crippen molar-refractivity contribution in [2.75, 3.05) is 26.2 Å². The summed E-state index contributed by atoms with van der Waals surface area (Å²) in [6.07, 6.45) is 0.871. The summed E-state index contributed by atoms with van der Waals surface area (Å²) in [5, 5.41) is 13.5. The SMILES string of the molecule is O=C1NCCNC12CCN(S(=O)(=O)c1cccc3nonc13)CC2. The molecule has 0 bridgehead atoms. The number of nitrogens with zero attached hydrogens (tertiary/aromatic N) is 3. The second kappa shape index (κ2) is 5.50. The number of nitrogens with one attached hydrogen (secondary N) is 2. The van der Waals surface area contributed by atoms with E-state index in [1.807, 2.05) is 0 Å². The Labute approximate surface area is 138 Å². The molecule has 0 unspecified atom stereocenters. The maximum atomic E-state index is 12.9. The molecule has 2 aliphatic rings. The number of rotatable bonds is 2. The van der Waals surface area contributed by atoms with Crippen molar-refractivity contribution in [1.82, 2.24) is 25.3 Å². The molecule has 0 atom stereocenters. The highest BCUT2D eigenvalue weighted by Gasteiger charge is 2.45. The number of carbonyl (C=O) groups is 1. The molecule has 128 valence electrons. The molecule has 0 saturated carbocycles. The largest absolute Gasteiger partial charge is 0.353 e. The number of hydrogen-bond acceptors (Lipinski definition) is 7. The van der Waals surface area contributed by atoms with Crippen LogP contribution >= 0.6 is 0 Å². The van der Waals surface area contributed by atoms with E-state index in [0.717, 1.165) is 0 Å². The molecule has 0 aliphatic carbocycles. The molecule has 10 heteroatoms. The molecule has 1 spiro atoms. The van der Waals surface area contributed by atoms with Crippen LogP contribution in [0.3, 0.4) is 0 Å². The van der Waals surface area contributed by atoms with E-state index in [9.17, 15) is 13.2 Å². The highest BCUT2D eigenvalue weighted by molar-refractivity contribution is 7.89. The number of fused-ring (bicyclic) bond motifs is 1. The molecule has 1 amide bonds. The maximum Gasteiger partial charge on any atom is 0.245 e. The van der Waals surface area contributed by atoms with Gasteiger partial charge in [0.2, 0.25) is 15.9 Å². The zero-order chi connectivity index (χ0) is 16.8. The van der Waals surface area contributed by atoms with Crippen LogP contribution in [0.15, 0.2) is 27.7 Å². The second-order valence-electron chi connectivity index (χ2n) is 6.06. The number of piperidine rings is 1. The Bertz CT molecular complexity index is 885. The van der Waals surface area contributed by atoms with E-state index in [1.54, 1.807) is 12.1 Å². The number of aromatic nitrogens is 2. The van der Waals surface area contributed by atoms with Crippen LogP contribution in [0.4, 0.5) is 0 Å². The summed E-state index contributed by atoms with van der Waals surface area (Å²) in [5.74, 6) is -0.0476. The molecule has 24 heavy (non-hydrogen) atoms. The van der Waals surface area contributed by atoms with E-state index >= 15 is 0 Å². The lowest BCUT2D eigenvalue weighted by atomic mass is 9.86. The highest BCUT2D eigenvalue weighted by Crippen LogP contribution is 2.30. The molecular formula is C14H17N5O4S. The molecule has 3 heterocycles. The van der Waals surface area contributed by atoms with Crippen LogP contribution in [-0.4, -0.2) is 60.7 Å². The smallest absolute Gasteiger partial charge is 0.245 e. The van der Waals surface area contributed by atoms with Gasteiger partial charge in [0.25, 0.3) is 0 Å². The zero-order valence-electron chi connectivity index (χ0n) is 12.9. The lowest BCUT2D eigenvalue weighted by Gasteiger charge is -2.42. The minimum Gasteiger partial charge on any atom is -0.353 e. The summed E-state index contributed by atoms with van der Waals surface area (Å²) >= 11 is 0. The zero-order valence-corrected chi connectivity index (χ0v) is 13.7. The molecule has 4 rings (SSSR count). The minimum atomic E-state index is -3.72. The van der Waals surface area contributed by atoms with Crippen LogP contribution in [0.1, 0.15) is 12.8 Å². The summed E-state index contributed by atoms with van der Waals surface area (Å²) in [4.78, 5) is 12.2. The van der Waals surface area contributed by atoms with E-state index in [1.165, 1.54) is 10.4 Å². The van der Waals surface area contributed by atoms with Crippen molar-refractivity contribution in [2.45, 2.75) is 23.3 Å². The Kier molecular flexibility index (Phi) is 3.55. The molecule has 2 aromatic rings. The number of hydrogen-bond donors (Lipinski definition) is 2. The molecule has 2 aliphatic heterocycles. The van der Waals surface area contributed by atoms with Gasteiger partial charge in [-0.15, -0.1) is 0 Å². The van der Waals surface area contributed by atoms with Crippen molar-refractivity contribution in [2.24, 2.45) is 0 Å². The second-order valence-corrected chi connectivity index (χ2v) is 7.96. The van der Waals surface area contributed by atoms with Crippen molar-refractivity contribution in [3.63, 3.8) is 0 Å². The molecule has 2 saturated heterocycles. The third kappa shape index (κ3) is 2.29. The first-order valence-corrected chi connectivity index (χ1v) is 9.22. The number of sulfonamides is 1. The molecule has 1 aromatic carbocycles. The van der Waals surface area contributed by atoms with Crippen molar-refractivity contribution in [3.8, 4) is 0 Å². The van der Waals surface area contributed by atoms with E-state index in [4.69, 9.17) is 0 Å². The van der Waals surface area contributed by atoms with Gasteiger partial charge in [-0.05, 0) is 35.3 Å². The van der Waals surface area contributed by atoms with Gasteiger partial charge < -0.3 is 10.6 Å². The lowest BCUT2D eigenvalue weighted by Crippen LogP contribution is -2.66. The molecular weight excluding hydrogens is 334 g/mol. The summed E-state index contributed by atoms with van der Waals surface area (Å²) in [6.45, 7) is 1.83. The average Bonchev–Trinajstić information content (AvgIpc) is 3.06. The van der Waals surface area contributed by atoms with Crippen LogP contribution in [-0.2, 0) is 14.8 Å². The van der Waals surface area contributed by atoms with Crippen molar-refractivity contribution in [1.29, 1.82) is 0 Å². The van der Waals surface area contributed by atoms with Crippen LogP contribution in [0, 0.1) is 0 Å². The van der Waals surface area contributed by atoms with Gasteiger partial charge in [0.1, 0.15) is 16.0 Å². The predicted octanol–water partition coefficient (Wildman–Crippen LogP) is -0.534. The van der Waals surface area contributed by atoms with Gasteiger partial charge in [-0.25, -0.2) is 13.0 Å². The van der Waals surface area contributed by atoms with Gasteiger partial charge in [-0.3, -0.25) is 4.79 Å². The van der Waals surface area contributed by atoms with Crippen molar-refractivity contribution >= 4 is 27.0 Å². The fourth-order valence-corrected chi connectivity index (χ4v) is 4.95. The maximum absolute atomic E-state index is 12.9. The number of piperazine rings is 1. The molecule has 0 radical (unpaired) electrons. The van der Waals surface area contributed by atoms with Gasteiger partial charge >= 0.3 is 0 Å². The number of benzene rings is 1. The molecule has 1 aromatic heterocycles. The third-order valence-electron chi connectivity index (χ3n) is 4.75. The summed E-state index contributed by atoms with van der Waals surface area (Å²) in [5.41, 5.74) is -0.0321. The summed E-state index contributed by atoms with van der Waals surface area (Å²) in [6, 6.07) is 4.76. The average molecular weight is 351 g/mol. The highest BCUT2D eigenvalue weighted by atomic mass is 32.2. The normalized spacial score (nSPS) is 21.9. The van der Waals surface area contributed by atoms with E-state index in [-0.39, 0.29) is 29.4 Å². The summed E-state index contributed by atoms with van der Waals surface area (Å²) < 4.78 is 31.9. The van der Waals surface area contributed by atoms with Crippen LogP contribution < -0.4 is 10.6 Å². The molecule has 2 fully saturated rings. The Hall–Kier alpha value is -2.04. The molecule has 2 N–H and O–H groups in total. The van der Waals surface area contributed by atoms with Gasteiger partial charge in [0.15, 0.2) is 5.52 Å². The topological polar surface area (TPSA) is 117 Å². The predicted molar refractivity (Wildman–Crippen MR) is 83.5 cm³/mol. The van der Waals surface area contributed by atoms with Gasteiger partial charge in [0, 0.05) is 26.2 Å². The van der Waals surface area contributed by atoms with Crippen LogP contribution in [0.25, 0.3) is 11.0 Å². The van der Waals surface area contributed by atoms with Gasteiger partial charge in [-0.1, -0.05) is 6.07 Å². The van der Waals surface area contributed by atoms with E-state index in [2.05, 4.69) is 25.6 Å². The Morgan fingerprint density at radius 3 is 2.71 bits per heavy atom. The minimum absolute atomic E-state index is 0.0476.